The van der Waals surface area contributed by atoms with Gasteiger partial charge in [-0.2, -0.15) is 0 Å². The van der Waals surface area contributed by atoms with Crippen molar-refractivity contribution in [3.63, 3.8) is 0 Å². The molecule has 0 unspecified atom stereocenters. The molecule has 1 nitrogen and oxygen atoms in total. The van der Waals surface area contributed by atoms with Gasteiger partial charge in [-0.3, -0.25) is 4.79 Å². The van der Waals surface area contributed by atoms with E-state index in [0.717, 1.165) is 28.5 Å². The van der Waals surface area contributed by atoms with E-state index in [4.69, 9.17) is 0 Å². The molecule has 4 aliphatic rings. The average Bonchev–Trinajstić information content (AvgIpc) is 3.20. The minimum Gasteiger partial charge on any atom is -0.298 e. The Balaban J connectivity index is 1.81. The van der Waals surface area contributed by atoms with Gasteiger partial charge in [-0.15, -0.1) is 0 Å². The third kappa shape index (κ3) is 4.00. The average molecular weight is 421 g/mol. The van der Waals surface area contributed by atoms with E-state index in [1.807, 2.05) is 6.07 Å². The molecule has 0 amide bonds. The lowest BCUT2D eigenvalue weighted by Crippen LogP contribution is -1.85. The monoisotopic (exact) mass is 420 g/mol. The van der Waals surface area contributed by atoms with Crippen LogP contribution in [0.5, 0.6) is 0 Å². The maximum absolute atomic E-state index is 11.9. The SMILES string of the molecule is Cc1ccc(C(C)C)cc2ccc(C=Cc3cc(C=O)c4cc(C(C)C)ccc(C)c3-4)c1-2. The fraction of sp³-hybridized carbons (Fsp3) is 0.258. The van der Waals surface area contributed by atoms with Crippen molar-refractivity contribution < 1.29 is 4.79 Å². The summed E-state index contributed by atoms with van der Waals surface area (Å²) in [7, 11) is 0. The number of hydrogen-bond donors (Lipinski definition) is 0. The molecule has 4 rings (SSSR count). The maximum atomic E-state index is 11.9. The fourth-order valence-electron chi connectivity index (χ4n) is 4.62. The minimum atomic E-state index is 0.411. The minimum absolute atomic E-state index is 0.411. The van der Waals surface area contributed by atoms with Gasteiger partial charge in [-0.25, -0.2) is 0 Å². The molecule has 0 fully saturated rings. The first-order valence-electron chi connectivity index (χ1n) is 11.5. The van der Waals surface area contributed by atoms with Crippen LogP contribution in [0.3, 0.4) is 0 Å². The highest BCUT2D eigenvalue weighted by Gasteiger charge is 2.17. The van der Waals surface area contributed by atoms with Crippen molar-refractivity contribution in [2.24, 2.45) is 0 Å². The van der Waals surface area contributed by atoms with Crippen molar-refractivity contribution in [3.8, 4) is 22.3 Å². The molecule has 0 heterocycles. The summed E-state index contributed by atoms with van der Waals surface area (Å²) in [4.78, 5) is 11.9. The maximum Gasteiger partial charge on any atom is 0.150 e. The molecular weight excluding hydrogens is 388 g/mol. The van der Waals surface area contributed by atoms with Crippen molar-refractivity contribution >= 4 is 18.4 Å². The first-order chi connectivity index (χ1) is 15.3. The second kappa shape index (κ2) is 8.74. The van der Waals surface area contributed by atoms with Gasteiger partial charge in [0, 0.05) is 5.56 Å². The van der Waals surface area contributed by atoms with Gasteiger partial charge in [-0.1, -0.05) is 88.4 Å². The number of aryl methyl sites for hydroxylation is 2. The summed E-state index contributed by atoms with van der Waals surface area (Å²) in [6.45, 7) is 13.2. The van der Waals surface area contributed by atoms with Gasteiger partial charge in [0.05, 0.1) is 0 Å². The summed E-state index contributed by atoms with van der Waals surface area (Å²) in [5.74, 6) is 0.907. The molecule has 0 N–H and O–H groups in total. The Morgan fingerprint density at radius 2 is 1.22 bits per heavy atom. The summed E-state index contributed by atoms with van der Waals surface area (Å²) >= 11 is 0. The van der Waals surface area contributed by atoms with Crippen LogP contribution in [0, 0.1) is 13.8 Å². The molecule has 4 aliphatic carbocycles. The van der Waals surface area contributed by atoms with Crippen LogP contribution in [0.15, 0.2) is 54.6 Å². The second-order valence-electron chi connectivity index (χ2n) is 9.54. The quantitative estimate of drug-likeness (QED) is 0.295. The Labute approximate surface area is 192 Å². The van der Waals surface area contributed by atoms with Crippen LogP contribution in [-0.2, 0) is 0 Å². The van der Waals surface area contributed by atoms with E-state index >= 15 is 0 Å². The van der Waals surface area contributed by atoms with Crippen LogP contribution in [0.4, 0.5) is 0 Å². The predicted octanol–water partition coefficient (Wildman–Crippen LogP) is 8.74. The largest absolute Gasteiger partial charge is 0.298 e. The Morgan fingerprint density at radius 3 is 1.84 bits per heavy atom. The number of rotatable bonds is 5. The molecular formula is C31H32O. The van der Waals surface area contributed by atoms with Crippen LogP contribution in [0.25, 0.3) is 34.4 Å². The van der Waals surface area contributed by atoms with Gasteiger partial charge in [0.15, 0.2) is 6.29 Å². The number of fused-ring (bicyclic) bond motifs is 2. The standard InChI is InChI=1S/C31H32O/c1-19(2)24-9-7-21(5)30-23(11-13-26(30)15-24)12-14-27-16-28(18-32)29-17-25(20(3)4)10-8-22(6)31(27)29/h7-20H,1-6H3. The highest BCUT2D eigenvalue weighted by atomic mass is 16.1. The number of aldehydes is 1. The highest BCUT2D eigenvalue weighted by molar-refractivity contribution is 5.98. The van der Waals surface area contributed by atoms with Crippen LogP contribution in [0.1, 0.15) is 83.3 Å². The molecule has 0 spiro atoms. The molecule has 0 aliphatic heterocycles. The van der Waals surface area contributed by atoms with E-state index < -0.39 is 0 Å². The van der Waals surface area contributed by atoms with Crippen LogP contribution in [0.2, 0.25) is 0 Å². The molecule has 0 aromatic heterocycles. The Bertz CT molecular complexity index is 1260. The molecule has 162 valence electrons. The lowest BCUT2D eigenvalue weighted by Gasteiger charge is -2.04. The lowest BCUT2D eigenvalue weighted by molar-refractivity contribution is 0.112. The molecule has 32 heavy (non-hydrogen) atoms. The summed E-state index contributed by atoms with van der Waals surface area (Å²) in [5.41, 5.74) is 12.9. The van der Waals surface area contributed by atoms with Crippen molar-refractivity contribution in [1.82, 2.24) is 0 Å². The summed E-state index contributed by atoms with van der Waals surface area (Å²) in [6.07, 6.45) is 5.35. The van der Waals surface area contributed by atoms with Crippen LogP contribution < -0.4 is 0 Å². The van der Waals surface area contributed by atoms with Crippen molar-refractivity contribution in [1.29, 1.82) is 0 Å². The summed E-state index contributed by atoms with van der Waals surface area (Å²) in [6, 6.07) is 19.8. The van der Waals surface area contributed by atoms with Gasteiger partial charge >= 0.3 is 0 Å². The molecule has 0 radical (unpaired) electrons. The number of carbonyl (C=O) groups excluding carboxylic acids is 1. The zero-order valence-corrected chi connectivity index (χ0v) is 20.0. The Hall–Kier alpha value is -3.19. The van der Waals surface area contributed by atoms with Gasteiger partial charge in [-0.05, 0) is 87.4 Å². The van der Waals surface area contributed by atoms with Gasteiger partial charge in [0.25, 0.3) is 0 Å². The molecule has 0 saturated carbocycles. The molecule has 0 atom stereocenters. The van der Waals surface area contributed by atoms with E-state index in [0.29, 0.717) is 11.8 Å². The zero-order chi connectivity index (χ0) is 23.0. The van der Waals surface area contributed by atoms with Crippen molar-refractivity contribution in [2.75, 3.05) is 0 Å². The number of hydrogen-bond acceptors (Lipinski definition) is 1. The molecule has 0 aromatic carbocycles. The molecule has 0 bridgehead atoms. The zero-order valence-electron chi connectivity index (χ0n) is 20.0. The van der Waals surface area contributed by atoms with E-state index in [-0.39, 0.29) is 0 Å². The van der Waals surface area contributed by atoms with E-state index in [2.05, 4.69) is 102 Å². The smallest absolute Gasteiger partial charge is 0.150 e. The second-order valence-corrected chi connectivity index (χ2v) is 9.54. The predicted molar refractivity (Wildman–Crippen MR) is 138 cm³/mol. The summed E-state index contributed by atoms with van der Waals surface area (Å²) in [5, 5.41) is 0. The number of carbonyl (C=O) groups is 1. The Kier molecular flexibility index (Phi) is 6.02. The Morgan fingerprint density at radius 1 is 0.625 bits per heavy atom. The highest BCUT2D eigenvalue weighted by Crippen LogP contribution is 2.38. The van der Waals surface area contributed by atoms with Gasteiger partial charge in [0.2, 0.25) is 0 Å². The van der Waals surface area contributed by atoms with Crippen molar-refractivity contribution in [3.05, 3.63) is 93.5 Å². The molecule has 0 aromatic rings. The first-order valence-corrected chi connectivity index (χ1v) is 11.5. The summed E-state index contributed by atoms with van der Waals surface area (Å²) < 4.78 is 0. The fourth-order valence-corrected chi connectivity index (χ4v) is 4.62. The van der Waals surface area contributed by atoms with E-state index in [1.54, 1.807) is 0 Å². The van der Waals surface area contributed by atoms with Crippen LogP contribution in [-0.4, -0.2) is 6.29 Å². The van der Waals surface area contributed by atoms with Crippen LogP contribution >= 0.6 is 0 Å². The molecule has 0 saturated heterocycles. The van der Waals surface area contributed by atoms with Crippen molar-refractivity contribution in [2.45, 2.75) is 53.4 Å². The van der Waals surface area contributed by atoms with E-state index in [1.165, 1.54) is 38.9 Å². The first kappa shape index (κ1) is 22.0. The normalized spacial score (nSPS) is 12.0. The molecule has 1 heteroatoms. The van der Waals surface area contributed by atoms with E-state index in [9.17, 15) is 4.79 Å². The van der Waals surface area contributed by atoms with Gasteiger partial charge in [0.1, 0.15) is 0 Å². The topological polar surface area (TPSA) is 17.1 Å². The van der Waals surface area contributed by atoms with Gasteiger partial charge < -0.3 is 0 Å². The lowest BCUT2D eigenvalue weighted by atomic mass is 9.99. The third-order valence-electron chi connectivity index (χ3n) is 6.58. The third-order valence-corrected chi connectivity index (χ3v) is 6.58.